The molecule has 0 radical (unpaired) electrons. The molecule has 0 unspecified atom stereocenters. The number of rotatable bonds is 6. The first kappa shape index (κ1) is 20.6. The number of amides is 1. The van der Waals surface area contributed by atoms with E-state index in [-0.39, 0.29) is 5.91 Å². The van der Waals surface area contributed by atoms with E-state index in [1.54, 1.807) is 42.5 Å². The van der Waals surface area contributed by atoms with Gasteiger partial charge in [0.05, 0.1) is 21.3 Å². The molecule has 4 aromatic rings. The zero-order valence-corrected chi connectivity index (χ0v) is 17.8. The largest absolute Gasteiger partial charge is 0.493 e. The van der Waals surface area contributed by atoms with Crippen LogP contribution >= 0.6 is 11.6 Å². The van der Waals surface area contributed by atoms with Crippen molar-refractivity contribution in [3.05, 3.63) is 65.2 Å². The lowest BCUT2D eigenvalue weighted by Gasteiger charge is -2.14. The predicted molar refractivity (Wildman–Crippen MR) is 119 cm³/mol. The van der Waals surface area contributed by atoms with Gasteiger partial charge in [0.1, 0.15) is 5.52 Å². The third-order valence-electron chi connectivity index (χ3n) is 4.64. The number of anilines is 1. The molecule has 158 valence electrons. The molecule has 8 heteroatoms. The lowest BCUT2D eigenvalue weighted by molar-refractivity contribution is 0.102. The van der Waals surface area contributed by atoms with Crippen LogP contribution in [0.3, 0.4) is 0 Å². The van der Waals surface area contributed by atoms with Crippen molar-refractivity contribution in [2.75, 3.05) is 26.6 Å². The third kappa shape index (κ3) is 4.13. The third-order valence-corrected chi connectivity index (χ3v) is 4.88. The number of methoxy groups -OCH3 is 3. The molecular weight excluding hydrogens is 420 g/mol. The minimum atomic E-state index is -0.336. The van der Waals surface area contributed by atoms with Gasteiger partial charge in [-0.25, -0.2) is 4.98 Å². The van der Waals surface area contributed by atoms with Gasteiger partial charge in [0.25, 0.3) is 5.91 Å². The Morgan fingerprint density at radius 1 is 0.968 bits per heavy atom. The summed E-state index contributed by atoms with van der Waals surface area (Å²) in [5.41, 5.74) is 2.90. The number of ether oxygens (including phenoxy) is 3. The summed E-state index contributed by atoms with van der Waals surface area (Å²) >= 11 is 6.05. The Hall–Kier alpha value is -3.71. The van der Waals surface area contributed by atoms with Crippen LogP contribution in [-0.4, -0.2) is 32.2 Å². The average Bonchev–Trinajstić information content (AvgIpc) is 3.21. The Morgan fingerprint density at radius 3 is 2.35 bits per heavy atom. The van der Waals surface area contributed by atoms with Crippen molar-refractivity contribution in [1.82, 2.24) is 4.98 Å². The van der Waals surface area contributed by atoms with Gasteiger partial charge in [0.15, 0.2) is 17.1 Å². The number of carbonyl (C=O) groups excluding carboxylic acids is 1. The molecule has 1 amide bonds. The van der Waals surface area contributed by atoms with Crippen LogP contribution in [0.5, 0.6) is 17.2 Å². The van der Waals surface area contributed by atoms with Gasteiger partial charge in [0, 0.05) is 21.8 Å². The molecule has 0 atom stereocenters. The molecule has 1 aromatic heterocycles. The van der Waals surface area contributed by atoms with E-state index in [1.807, 2.05) is 12.1 Å². The van der Waals surface area contributed by atoms with E-state index in [1.165, 1.54) is 21.3 Å². The first-order valence-corrected chi connectivity index (χ1v) is 9.68. The van der Waals surface area contributed by atoms with Crippen molar-refractivity contribution in [1.29, 1.82) is 0 Å². The quantitative estimate of drug-likeness (QED) is 0.432. The van der Waals surface area contributed by atoms with Crippen molar-refractivity contribution in [3.8, 4) is 28.7 Å². The van der Waals surface area contributed by atoms with Crippen LogP contribution in [0.15, 0.2) is 59.0 Å². The highest BCUT2D eigenvalue weighted by Crippen LogP contribution is 2.38. The number of hydrogen-bond donors (Lipinski definition) is 1. The number of fused-ring (bicyclic) bond motifs is 1. The summed E-state index contributed by atoms with van der Waals surface area (Å²) < 4.78 is 21.7. The van der Waals surface area contributed by atoms with Crippen LogP contribution in [-0.2, 0) is 0 Å². The molecule has 0 bridgehead atoms. The number of benzene rings is 3. The summed E-state index contributed by atoms with van der Waals surface area (Å²) in [4.78, 5) is 17.3. The number of nitrogens with one attached hydrogen (secondary N) is 1. The minimum absolute atomic E-state index is 0.336. The van der Waals surface area contributed by atoms with Gasteiger partial charge in [-0.1, -0.05) is 17.7 Å². The molecule has 0 aliphatic carbocycles. The maximum atomic E-state index is 12.8. The van der Waals surface area contributed by atoms with Crippen molar-refractivity contribution in [2.45, 2.75) is 0 Å². The lowest BCUT2D eigenvalue weighted by Crippen LogP contribution is -2.12. The highest BCUT2D eigenvalue weighted by atomic mass is 35.5. The van der Waals surface area contributed by atoms with Gasteiger partial charge < -0.3 is 23.9 Å². The molecule has 1 N–H and O–H groups in total. The van der Waals surface area contributed by atoms with E-state index in [2.05, 4.69) is 10.3 Å². The van der Waals surface area contributed by atoms with Crippen molar-refractivity contribution < 1.29 is 23.4 Å². The van der Waals surface area contributed by atoms with Crippen LogP contribution in [0.1, 0.15) is 10.4 Å². The Morgan fingerprint density at radius 2 is 1.71 bits per heavy atom. The zero-order chi connectivity index (χ0) is 22.0. The molecule has 7 nitrogen and oxygen atoms in total. The number of carbonyl (C=O) groups is 1. The van der Waals surface area contributed by atoms with E-state index < -0.39 is 0 Å². The maximum Gasteiger partial charge on any atom is 0.255 e. The van der Waals surface area contributed by atoms with E-state index in [9.17, 15) is 4.79 Å². The topological polar surface area (TPSA) is 82.8 Å². The molecule has 31 heavy (non-hydrogen) atoms. The molecule has 0 aliphatic rings. The highest BCUT2D eigenvalue weighted by Gasteiger charge is 2.17. The van der Waals surface area contributed by atoms with Gasteiger partial charge in [-0.05, 0) is 48.5 Å². The SMILES string of the molecule is COc1cc(C(=O)Nc2ccc3oc(-c4cccc(Cl)c4)nc3c2)cc(OC)c1OC. The van der Waals surface area contributed by atoms with Crippen molar-refractivity contribution in [2.24, 2.45) is 0 Å². The summed E-state index contributed by atoms with van der Waals surface area (Å²) in [5, 5.41) is 3.45. The smallest absolute Gasteiger partial charge is 0.255 e. The lowest BCUT2D eigenvalue weighted by atomic mass is 10.1. The Bertz CT molecular complexity index is 1240. The standard InChI is InChI=1S/C23H19ClN2O5/c1-28-19-10-14(11-20(29-2)21(19)30-3)22(27)25-16-7-8-18-17(12-16)26-23(31-18)13-5-4-6-15(24)9-13/h4-12H,1-3H3,(H,25,27). The summed E-state index contributed by atoms with van der Waals surface area (Å²) in [5.74, 6) is 1.32. The fourth-order valence-corrected chi connectivity index (χ4v) is 3.36. The van der Waals surface area contributed by atoms with Crippen LogP contribution in [0.4, 0.5) is 5.69 Å². The molecule has 0 spiro atoms. The predicted octanol–water partition coefficient (Wildman–Crippen LogP) is 5.43. The van der Waals surface area contributed by atoms with Gasteiger partial charge in [-0.2, -0.15) is 0 Å². The van der Waals surface area contributed by atoms with Gasteiger partial charge in [0.2, 0.25) is 11.6 Å². The highest BCUT2D eigenvalue weighted by molar-refractivity contribution is 6.30. The fourth-order valence-electron chi connectivity index (χ4n) is 3.17. The number of halogens is 1. The van der Waals surface area contributed by atoms with Gasteiger partial charge >= 0.3 is 0 Å². The van der Waals surface area contributed by atoms with E-state index in [4.69, 9.17) is 30.2 Å². The average molecular weight is 439 g/mol. The minimum Gasteiger partial charge on any atom is -0.493 e. The van der Waals surface area contributed by atoms with E-state index in [0.717, 1.165) is 5.56 Å². The molecule has 4 rings (SSSR count). The second-order valence-electron chi connectivity index (χ2n) is 6.58. The summed E-state index contributed by atoms with van der Waals surface area (Å²) in [6, 6.07) is 15.7. The van der Waals surface area contributed by atoms with Crippen molar-refractivity contribution >= 4 is 34.3 Å². The van der Waals surface area contributed by atoms with Crippen LogP contribution in [0.2, 0.25) is 5.02 Å². The second kappa shape index (κ2) is 8.57. The normalized spacial score (nSPS) is 10.7. The molecule has 0 aliphatic heterocycles. The molecular formula is C23H19ClN2O5. The monoisotopic (exact) mass is 438 g/mol. The summed E-state index contributed by atoms with van der Waals surface area (Å²) in [6.07, 6.45) is 0. The Kier molecular flexibility index (Phi) is 5.68. The summed E-state index contributed by atoms with van der Waals surface area (Å²) in [6.45, 7) is 0. The van der Waals surface area contributed by atoms with E-state index >= 15 is 0 Å². The van der Waals surface area contributed by atoms with Gasteiger partial charge in [-0.3, -0.25) is 4.79 Å². The number of aromatic nitrogens is 1. The number of oxazole rings is 1. The molecule has 0 fully saturated rings. The number of hydrogen-bond acceptors (Lipinski definition) is 6. The number of nitrogens with zero attached hydrogens (tertiary/aromatic N) is 1. The molecule has 0 saturated carbocycles. The second-order valence-corrected chi connectivity index (χ2v) is 7.02. The van der Waals surface area contributed by atoms with Crippen LogP contribution in [0.25, 0.3) is 22.6 Å². The first-order valence-electron chi connectivity index (χ1n) is 9.30. The fraction of sp³-hybridized carbons (Fsp3) is 0.130. The Balaban J connectivity index is 1.62. The zero-order valence-electron chi connectivity index (χ0n) is 17.1. The van der Waals surface area contributed by atoms with E-state index in [0.29, 0.717) is 50.5 Å². The molecule has 1 heterocycles. The Labute approximate surface area is 183 Å². The molecule has 3 aromatic carbocycles. The maximum absolute atomic E-state index is 12.8. The van der Waals surface area contributed by atoms with Crippen LogP contribution < -0.4 is 19.5 Å². The van der Waals surface area contributed by atoms with Gasteiger partial charge in [-0.15, -0.1) is 0 Å². The first-order chi connectivity index (χ1) is 15.0. The van der Waals surface area contributed by atoms with Crippen molar-refractivity contribution in [3.63, 3.8) is 0 Å². The molecule has 0 saturated heterocycles. The van der Waals surface area contributed by atoms with Crippen LogP contribution in [0, 0.1) is 0 Å². The summed E-state index contributed by atoms with van der Waals surface area (Å²) in [7, 11) is 4.49.